The molecule has 90 valence electrons. The number of amides is 1. The van der Waals surface area contributed by atoms with Gasteiger partial charge in [0.15, 0.2) is 0 Å². The number of unbranched alkanes of at least 4 members (excludes halogenated alkanes) is 2. The van der Waals surface area contributed by atoms with E-state index in [0.29, 0.717) is 23.6 Å². The Balaban J connectivity index is 2.43. The van der Waals surface area contributed by atoms with Crippen LogP contribution in [-0.2, 0) is 4.79 Å². The molecule has 1 rings (SSSR count). The third-order valence-electron chi connectivity index (χ3n) is 2.20. The molecule has 3 nitrogen and oxygen atoms in total. The van der Waals surface area contributed by atoms with Gasteiger partial charge in [-0.1, -0.05) is 11.6 Å². The summed E-state index contributed by atoms with van der Waals surface area (Å²) in [5, 5.41) is 12.2. The summed E-state index contributed by atoms with van der Waals surface area (Å²) in [5.74, 6) is 2.49. The summed E-state index contributed by atoms with van der Waals surface area (Å²) < 4.78 is 0. The van der Waals surface area contributed by atoms with Gasteiger partial charge in [0, 0.05) is 18.9 Å². The molecule has 0 bridgehead atoms. The molecule has 0 aliphatic carbocycles. The van der Waals surface area contributed by atoms with E-state index in [2.05, 4.69) is 11.2 Å². The Bertz CT molecular complexity index is 438. The van der Waals surface area contributed by atoms with E-state index in [1.165, 1.54) is 12.1 Å². The predicted octanol–water partition coefficient (Wildman–Crippen LogP) is 3.18. The highest BCUT2D eigenvalue weighted by Crippen LogP contribution is 2.26. The molecule has 4 heteroatoms. The van der Waals surface area contributed by atoms with E-state index in [-0.39, 0.29) is 11.7 Å². The van der Waals surface area contributed by atoms with E-state index < -0.39 is 0 Å². The molecule has 1 aromatic carbocycles. The molecule has 17 heavy (non-hydrogen) atoms. The van der Waals surface area contributed by atoms with Gasteiger partial charge in [0.25, 0.3) is 0 Å². The van der Waals surface area contributed by atoms with Gasteiger partial charge in [0.2, 0.25) is 5.91 Å². The average Bonchev–Trinajstić information content (AvgIpc) is 2.28. The van der Waals surface area contributed by atoms with Crippen molar-refractivity contribution in [1.82, 2.24) is 0 Å². The van der Waals surface area contributed by atoms with Crippen LogP contribution in [0.4, 0.5) is 5.69 Å². The van der Waals surface area contributed by atoms with Gasteiger partial charge in [-0.2, -0.15) is 0 Å². The van der Waals surface area contributed by atoms with Crippen molar-refractivity contribution in [3.8, 4) is 18.1 Å². The maximum absolute atomic E-state index is 11.5. The Kier molecular flexibility index (Phi) is 5.38. The monoisotopic (exact) mass is 251 g/mol. The first-order valence-electron chi connectivity index (χ1n) is 5.35. The normalized spacial score (nSPS) is 9.65. The minimum atomic E-state index is -0.102. The van der Waals surface area contributed by atoms with Gasteiger partial charge in [-0.15, -0.1) is 12.3 Å². The van der Waals surface area contributed by atoms with Crippen LogP contribution >= 0.6 is 11.6 Å². The Hall–Kier alpha value is -1.66. The van der Waals surface area contributed by atoms with Crippen LogP contribution in [0.15, 0.2) is 18.2 Å². The van der Waals surface area contributed by atoms with Gasteiger partial charge in [-0.25, -0.2) is 0 Å². The molecule has 0 radical (unpaired) electrons. The van der Waals surface area contributed by atoms with Gasteiger partial charge in [-0.05, 0) is 25.0 Å². The zero-order valence-corrected chi connectivity index (χ0v) is 10.1. The van der Waals surface area contributed by atoms with E-state index in [1.807, 2.05) is 0 Å². The number of terminal acetylenes is 1. The van der Waals surface area contributed by atoms with Crippen LogP contribution in [0.3, 0.4) is 0 Å². The number of carbonyl (C=O) groups is 1. The number of aromatic hydroxyl groups is 1. The van der Waals surface area contributed by atoms with Gasteiger partial charge in [-0.3, -0.25) is 4.79 Å². The van der Waals surface area contributed by atoms with Crippen LogP contribution in [0, 0.1) is 12.3 Å². The number of phenols is 1. The Labute approximate surface area is 106 Å². The Morgan fingerprint density at radius 1 is 1.47 bits per heavy atom. The lowest BCUT2D eigenvalue weighted by Crippen LogP contribution is -2.11. The number of anilines is 1. The van der Waals surface area contributed by atoms with Crippen LogP contribution in [0.25, 0.3) is 0 Å². The molecule has 2 N–H and O–H groups in total. The third kappa shape index (κ3) is 4.80. The Morgan fingerprint density at radius 2 is 2.24 bits per heavy atom. The van der Waals surface area contributed by atoms with Crippen LogP contribution in [0.1, 0.15) is 25.7 Å². The van der Waals surface area contributed by atoms with Crippen LogP contribution < -0.4 is 5.32 Å². The maximum Gasteiger partial charge on any atom is 0.224 e. The molecule has 0 fully saturated rings. The fourth-order valence-corrected chi connectivity index (χ4v) is 1.55. The van der Waals surface area contributed by atoms with Gasteiger partial charge in [0.1, 0.15) is 5.75 Å². The minimum absolute atomic E-state index is 0.0713. The molecule has 0 aliphatic rings. The lowest BCUT2D eigenvalue weighted by molar-refractivity contribution is -0.116. The number of benzene rings is 1. The molecule has 0 unspecified atom stereocenters. The number of hydrogen-bond donors (Lipinski definition) is 2. The highest BCUT2D eigenvalue weighted by Gasteiger charge is 2.06. The molecular formula is C13H14ClNO2. The van der Waals surface area contributed by atoms with E-state index >= 15 is 0 Å². The zero-order valence-electron chi connectivity index (χ0n) is 9.37. The van der Waals surface area contributed by atoms with E-state index in [0.717, 1.165) is 12.8 Å². The van der Waals surface area contributed by atoms with E-state index in [1.54, 1.807) is 6.07 Å². The number of nitrogens with one attached hydrogen (secondary N) is 1. The van der Waals surface area contributed by atoms with Crippen LogP contribution in [0.5, 0.6) is 5.75 Å². The zero-order chi connectivity index (χ0) is 12.7. The van der Waals surface area contributed by atoms with Crippen molar-refractivity contribution >= 4 is 23.2 Å². The number of hydrogen-bond acceptors (Lipinski definition) is 2. The van der Waals surface area contributed by atoms with Crippen molar-refractivity contribution in [1.29, 1.82) is 0 Å². The second-order valence-electron chi connectivity index (χ2n) is 3.62. The maximum atomic E-state index is 11.5. The van der Waals surface area contributed by atoms with Gasteiger partial charge in [0.05, 0.1) is 10.7 Å². The molecule has 0 aromatic heterocycles. The number of phenolic OH excluding ortho intramolecular Hbond substituents is 1. The van der Waals surface area contributed by atoms with Gasteiger partial charge < -0.3 is 10.4 Å². The van der Waals surface area contributed by atoms with Crippen molar-refractivity contribution in [2.75, 3.05) is 5.32 Å². The first-order valence-corrected chi connectivity index (χ1v) is 5.73. The molecule has 1 aromatic rings. The average molecular weight is 252 g/mol. The molecule has 1 amide bonds. The highest BCUT2D eigenvalue weighted by atomic mass is 35.5. The first-order chi connectivity index (χ1) is 8.13. The smallest absolute Gasteiger partial charge is 0.224 e. The minimum Gasteiger partial charge on any atom is -0.508 e. The molecule has 0 heterocycles. The van der Waals surface area contributed by atoms with E-state index in [9.17, 15) is 4.79 Å². The van der Waals surface area contributed by atoms with Crippen LogP contribution in [0.2, 0.25) is 5.02 Å². The largest absolute Gasteiger partial charge is 0.508 e. The van der Waals surface area contributed by atoms with Crippen molar-refractivity contribution in [2.24, 2.45) is 0 Å². The predicted molar refractivity (Wildman–Crippen MR) is 69.0 cm³/mol. The molecule has 0 saturated heterocycles. The molecule has 0 atom stereocenters. The highest BCUT2D eigenvalue weighted by molar-refractivity contribution is 6.33. The second kappa shape index (κ2) is 6.82. The number of carbonyl (C=O) groups excluding carboxylic acids is 1. The third-order valence-corrected chi connectivity index (χ3v) is 2.51. The summed E-state index contributed by atoms with van der Waals surface area (Å²) in [5.41, 5.74) is 0.506. The summed E-state index contributed by atoms with van der Waals surface area (Å²) >= 11 is 5.86. The van der Waals surface area contributed by atoms with Crippen molar-refractivity contribution in [2.45, 2.75) is 25.7 Å². The van der Waals surface area contributed by atoms with Crippen LogP contribution in [-0.4, -0.2) is 11.0 Å². The molecule has 0 spiro atoms. The summed E-state index contributed by atoms with van der Waals surface area (Å²) in [7, 11) is 0. The quantitative estimate of drug-likeness (QED) is 0.480. The van der Waals surface area contributed by atoms with Crippen molar-refractivity contribution in [3.05, 3.63) is 23.2 Å². The number of halogens is 1. The lowest BCUT2D eigenvalue weighted by atomic mass is 10.2. The second-order valence-corrected chi connectivity index (χ2v) is 4.03. The number of rotatable bonds is 5. The molecule has 0 aliphatic heterocycles. The van der Waals surface area contributed by atoms with E-state index in [4.69, 9.17) is 23.1 Å². The first kappa shape index (κ1) is 13.4. The SMILES string of the molecule is C#CCCCCC(=O)Nc1ccc(O)cc1Cl. The summed E-state index contributed by atoms with van der Waals surface area (Å²) in [6, 6.07) is 4.42. The standard InChI is InChI=1S/C13H14ClNO2/c1-2-3-4-5-6-13(17)15-12-8-7-10(16)9-11(12)14/h1,7-9,16H,3-6H2,(H,15,17). The topological polar surface area (TPSA) is 49.3 Å². The van der Waals surface area contributed by atoms with Crippen molar-refractivity contribution < 1.29 is 9.90 Å². The molecule has 0 saturated carbocycles. The Morgan fingerprint density at radius 3 is 2.88 bits per heavy atom. The summed E-state index contributed by atoms with van der Waals surface area (Å²) in [4.78, 5) is 11.5. The lowest BCUT2D eigenvalue weighted by Gasteiger charge is -2.07. The fourth-order valence-electron chi connectivity index (χ4n) is 1.33. The summed E-state index contributed by atoms with van der Waals surface area (Å²) in [6.07, 6.45) is 7.81. The van der Waals surface area contributed by atoms with Crippen molar-refractivity contribution in [3.63, 3.8) is 0 Å². The molecular weight excluding hydrogens is 238 g/mol. The summed E-state index contributed by atoms with van der Waals surface area (Å²) in [6.45, 7) is 0. The van der Waals surface area contributed by atoms with Gasteiger partial charge >= 0.3 is 0 Å². The fraction of sp³-hybridized carbons (Fsp3) is 0.308.